The molecule has 4 N–H and O–H groups in total. The minimum absolute atomic E-state index is 0.204. The predicted octanol–water partition coefficient (Wildman–Crippen LogP) is 3.64. The maximum atomic E-state index is 7.01. The second kappa shape index (κ2) is 8.66. The van der Waals surface area contributed by atoms with Gasteiger partial charge < -0.3 is 35.2 Å². The molecule has 4 atom stereocenters. The van der Waals surface area contributed by atoms with Gasteiger partial charge in [0.05, 0.1) is 50.8 Å². The van der Waals surface area contributed by atoms with Crippen molar-refractivity contribution < 1.29 is 23.7 Å². The SMILES string of the molecule is Cc1c(C)c(Oc2c(CC3CO3)c(CC3CO3)c(N)c(CC3CO3)c2CC2CO2)c(C)c(C)c1N. The summed E-state index contributed by atoms with van der Waals surface area (Å²) in [6, 6.07) is 0. The lowest BCUT2D eigenvalue weighted by atomic mass is 9.86. The molecule has 7 nitrogen and oxygen atoms in total. The molecule has 2 aromatic carbocycles. The Morgan fingerprint density at radius 3 is 1.23 bits per heavy atom. The first-order chi connectivity index (χ1) is 16.8. The Morgan fingerprint density at radius 2 is 0.886 bits per heavy atom. The second-order valence-corrected chi connectivity index (χ2v) is 10.6. The van der Waals surface area contributed by atoms with E-state index in [2.05, 4.69) is 27.7 Å². The average Bonchev–Trinajstić information content (AvgIpc) is 3.67. The van der Waals surface area contributed by atoms with E-state index in [-0.39, 0.29) is 24.4 Å². The monoisotopic (exact) mass is 480 g/mol. The number of hydrogen-bond donors (Lipinski definition) is 2. The lowest BCUT2D eigenvalue weighted by molar-refractivity contribution is 0.389. The van der Waals surface area contributed by atoms with Gasteiger partial charge in [0.2, 0.25) is 0 Å². The molecule has 0 saturated carbocycles. The fourth-order valence-electron chi connectivity index (χ4n) is 5.20. The molecule has 4 aliphatic rings. The van der Waals surface area contributed by atoms with E-state index in [1.807, 2.05) is 0 Å². The zero-order chi connectivity index (χ0) is 24.4. The van der Waals surface area contributed by atoms with E-state index in [4.69, 9.17) is 35.2 Å². The quantitative estimate of drug-likeness (QED) is 0.394. The van der Waals surface area contributed by atoms with Crippen LogP contribution < -0.4 is 16.2 Å². The van der Waals surface area contributed by atoms with Gasteiger partial charge in [-0.05, 0) is 61.1 Å². The molecule has 4 unspecified atom stereocenters. The minimum atomic E-state index is 0.204. The molecule has 4 aliphatic heterocycles. The number of nitrogens with two attached hydrogens (primary N) is 2. The molecule has 188 valence electrons. The van der Waals surface area contributed by atoms with Crippen LogP contribution >= 0.6 is 0 Å². The fraction of sp³-hybridized carbons (Fsp3) is 0.571. The van der Waals surface area contributed by atoms with Crippen LogP contribution in [0.1, 0.15) is 44.5 Å². The Morgan fingerprint density at radius 1 is 0.543 bits per heavy atom. The van der Waals surface area contributed by atoms with E-state index < -0.39 is 0 Å². The van der Waals surface area contributed by atoms with Crippen LogP contribution in [0.4, 0.5) is 11.4 Å². The molecule has 6 rings (SSSR count). The normalized spacial score (nSPS) is 26.1. The molecule has 0 aliphatic carbocycles. The van der Waals surface area contributed by atoms with E-state index >= 15 is 0 Å². The number of hydrogen-bond acceptors (Lipinski definition) is 7. The molecular weight excluding hydrogens is 444 g/mol. The van der Waals surface area contributed by atoms with Crippen LogP contribution in [-0.2, 0) is 44.6 Å². The van der Waals surface area contributed by atoms with Gasteiger partial charge in [0, 0.05) is 48.2 Å². The lowest BCUT2D eigenvalue weighted by Gasteiger charge is -2.27. The van der Waals surface area contributed by atoms with Crippen molar-refractivity contribution >= 4 is 11.4 Å². The summed E-state index contributed by atoms with van der Waals surface area (Å²) in [6.07, 6.45) is 4.00. The van der Waals surface area contributed by atoms with Crippen LogP contribution in [0.3, 0.4) is 0 Å². The van der Waals surface area contributed by atoms with Crippen molar-refractivity contribution in [2.45, 2.75) is 77.8 Å². The number of benzene rings is 2. The standard InChI is InChI=1S/C28H36N2O5/c1-13-15(3)27(16(4)14(2)25(13)29)35-28-23(7-19-11-33-19)21(5-17-9-31-17)26(30)22(6-18-10-32-18)24(28)8-20-12-34-20/h17-20H,5-12,29-30H2,1-4H3. The van der Waals surface area contributed by atoms with Crippen LogP contribution in [0.15, 0.2) is 0 Å². The van der Waals surface area contributed by atoms with Crippen LogP contribution in [-0.4, -0.2) is 50.8 Å². The van der Waals surface area contributed by atoms with Gasteiger partial charge in [0.15, 0.2) is 0 Å². The summed E-state index contributed by atoms with van der Waals surface area (Å²) in [4.78, 5) is 0. The van der Waals surface area contributed by atoms with E-state index in [1.54, 1.807) is 0 Å². The zero-order valence-corrected chi connectivity index (χ0v) is 21.2. The highest BCUT2D eigenvalue weighted by molar-refractivity contribution is 5.70. The van der Waals surface area contributed by atoms with Crippen LogP contribution in [0, 0.1) is 27.7 Å². The van der Waals surface area contributed by atoms with Crippen LogP contribution in [0.5, 0.6) is 11.5 Å². The largest absolute Gasteiger partial charge is 0.456 e. The highest BCUT2D eigenvalue weighted by Gasteiger charge is 2.37. The van der Waals surface area contributed by atoms with Crippen molar-refractivity contribution in [1.82, 2.24) is 0 Å². The molecule has 7 heteroatoms. The maximum Gasteiger partial charge on any atom is 0.134 e. The number of epoxide rings is 4. The first-order valence-corrected chi connectivity index (χ1v) is 12.8. The van der Waals surface area contributed by atoms with Crippen molar-refractivity contribution in [2.75, 3.05) is 37.9 Å². The Balaban J connectivity index is 1.55. The summed E-state index contributed by atoms with van der Waals surface area (Å²) in [5.74, 6) is 1.81. The maximum absolute atomic E-state index is 7.01. The number of rotatable bonds is 10. The van der Waals surface area contributed by atoms with Gasteiger partial charge in [-0.3, -0.25) is 0 Å². The molecule has 35 heavy (non-hydrogen) atoms. The molecule has 0 radical (unpaired) electrons. The number of nitrogen functional groups attached to an aromatic ring is 2. The number of anilines is 2. The molecule has 4 saturated heterocycles. The summed E-state index contributed by atoms with van der Waals surface area (Å²) in [5.41, 5.74) is 24.0. The van der Waals surface area contributed by atoms with Gasteiger partial charge in [-0.1, -0.05) is 0 Å². The third kappa shape index (κ3) is 4.62. The topological polar surface area (TPSA) is 111 Å². The van der Waals surface area contributed by atoms with E-state index in [9.17, 15) is 0 Å². The third-order valence-corrected chi connectivity index (χ3v) is 8.08. The highest BCUT2D eigenvalue weighted by atomic mass is 16.6. The molecular formula is C28H36N2O5. The van der Waals surface area contributed by atoms with Crippen molar-refractivity contribution in [3.8, 4) is 11.5 Å². The third-order valence-electron chi connectivity index (χ3n) is 8.08. The molecule has 4 fully saturated rings. The molecule has 4 heterocycles. The minimum Gasteiger partial charge on any atom is -0.456 e. The lowest BCUT2D eigenvalue weighted by Crippen LogP contribution is -2.17. The summed E-state index contributed by atoms with van der Waals surface area (Å²) in [5, 5.41) is 0. The van der Waals surface area contributed by atoms with Crippen molar-refractivity contribution in [2.24, 2.45) is 0 Å². The summed E-state index contributed by atoms with van der Waals surface area (Å²) in [6.45, 7) is 11.4. The summed E-state index contributed by atoms with van der Waals surface area (Å²) >= 11 is 0. The summed E-state index contributed by atoms with van der Waals surface area (Å²) < 4.78 is 29.7. The van der Waals surface area contributed by atoms with Gasteiger partial charge in [0.25, 0.3) is 0 Å². The molecule has 2 aromatic rings. The predicted molar refractivity (Wildman–Crippen MR) is 135 cm³/mol. The molecule has 0 aromatic heterocycles. The van der Waals surface area contributed by atoms with Crippen molar-refractivity contribution in [3.05, 3.63) is 44.5 Å². The zero-order valence-electron chi connectivity index (χ0n) is 21.2. The Kier molecular flexibility index (Phi) is 5.72. The van der Waals surface area contributed by atoms with Gasteiger partial charge in [0.1, 0.15) is 11.5 Å². The summed E-state index contributed by atoms with van der Waals surface area (Å²) in [7, 11) is 0. The molecule has 0 bridgehead atoms. The van der Waals surface area contributed by atoms with Crippen LogP contribution in [0.2, 0.25) is 0 Å². The van der Waals surface area contributed by atoms with E-state index in [1.165, 1.54) is 0 Å². The molecule has 0 amide bonds. The van der Waals surface area contributed by atoms with E-state index in [0.717, 1.165) is 119 Å². The van der Waals surface area contributed by atoms with E-state index in [0.29, 0.717) is 0 Å². The first kappa shape index (κ1) is 23.1. The number of ether oxygens (including phenoxy) is 5. The highest BCUT2D eigenvalue weighted by Crippen LogP contribution is 2.46. The Hall–Kier alpha value is -2.32. The van der Waals surface area contributed by atoms with Gasteiger partial charge >= 0.3 is 0 Å². The van der Waals surface area contributed by atoms with Crippen LogP contribution in [0.25, 0.3) is 0 Å². The van der Waals surface area contributed by atoms with Crippen molar-refractivity contribution in [1.29, 1.82) is 0 Å². The average molecular weight is 481 g/mol. The van der Waals surface area contributed by atoms with Crippen molar-refractivity contribution in [3.63, 3.8) is 0 Å². The Labute approximate surface area is 207 Å². The van der Waals surface area contributed by atoms with Gasteiger partial charge in [-0.2, -0.15) is 0 Å². The smallest absolute Gasteiger partial charge is 0.134 e. The van der Waals surface area contributed by atoms with Gasteiger partial charge in [-0.15, -0.1) is 0 Å². The first-order valence-electron chi connectivity index (χ1n) is 12.8. The Bertz CT molecular complexity index is 1090. The molecule has 0 spiro atoms. The van der Waals surface area contributed by atoms with Gasteiger partial charge in [-0.25, -0.2) is 0 Å². The fourth-order valence-corrected chi connectivity index (χ4v) is 5.20. The second-order valence-electron chi connectivity index (χ2n) is 10.6.